The molecule has 1 N–H and O–H groups in total. The van der Waals surface area contributed by atoms with Crippen molar-refractivity contribution in [2.75, 3.05) is 6.61 Å². The molecule has 6 heteroatoms. The fourth-order valence-electron chi connectivity index (χ4n) is 3.32. The number of hydrogen-bond donors (Lipinski definition) is 1. The summed E-state index contributed by atoms with van der Waals surface area (Å²) in [4.78, 5) is 20.3. The minimum atomic E-state index is -0.0864. The van der Waals surface area contributed by atoms with Crippen LogP contribution in [0.2, 0.25) is 0 Å². The molecule has 0 spiro atoms. The van der Waals surface area contributed by atoms with Crippen molar-refractivity contribution in [2.24, 2.45) is 4.99 Å². The van der Waals surface area contributed by atoms with Crippen LogP contribution in [0.3, 0.4) is 0 Å². The van der Waals surface area contributed by atoms with E-state index in [1.165, 1.54) is 11.8 Å². The maximum Gasteiger partial charge on any atom is 0.267 e. The van der Waals surface area contributed by atoms with Gasteiger partial charge in [0.2, 0.25) is 0 Å². The van der Waals surface area contributed by atoms with Crippen molar-refractivity contribution in [1.82, 2.24) is 4.90 Å². The van der Waals surface area contributed by atoms with Crippen LogP contribution in [0.25, 0.3) is 6.08 Å². The molecule has 32 heavy (non-hydrogen) atoms. The van der Waals surface area contributed by atoms with Gasteiger partial charge in [0.05, 0.1) is 24.6 Å². The van der Waals surface area contributed by atoms with Crippen LogP contribution >= 0.6 is 11.8 Å². The number of aromatic hydroxyl groups is 1. The van der Waals surface area contributed by atoms with Crippen LogP contribution in [0.1, 0.15) is 23.6 Å². The highest BCUT2D eigenvalue weighted by atomic mass is 32.2. The number of carbonyl (C=O) groups is 1. The molecule has 0 saturated carbocycles. The molecule has 1 amide bonds. The monoisotopic (exact) mass is 444 g/mol. The molecule has 5 nitrogen and oxygen atoms in total. The molecule has 0 unspecified atom stereocenters. The van der Waals surface area contributed by atoms with E-state index in [-0.39, 0.29) is 11.7 Å². The Morgan fingerprint density at radius 3 is 2.38 bits per heavy atom. The number of carbonyl (C=O) groups excluding carboxylic acids is 1. The van der Waals surface area contributed by atoms with E-state index in [9.17, 15) is 9.90 Å². The number of phenols is 1. The molecule has 3 aromatic rings. The van der Waals surface area contributed by atoms with Crippen LogP contribution in [-0.2, 0) is 17.9 Å². The standard InChI is InChI=1S/C26H24N2O3S/c1-2-31-23-15-21(13-14-22(23)29)16-24-25(30)28(18-20-11-7-4-8-12-20)26(32-24)27-17-19-9-5-3-6-10-19/h3-16,29H,2,17-18H2,1H3/b24-16+,27-26?. The van der Waals surface area contributed by atoms with E-state index >= 15 is 0 Å². The van der Waals surface area contributed by atoms with Crippen molar-refractivity contribution in [3.63, 3.8) is 0 Å². The number of thioether (sulfide) groups is 1. The molecular formula is C26H24N2O3S. The molecule has 4 rings (SSSR count). The molecule has 1 aliphatic rings. The molecule has 162 valence electrons. The van der Waals surface area contributed by atoms with E-state index in [0.717, 1.165) is 16.7 Å². The van der Waals surface area contributed by atoms with Gasteiger partial charge in [-0.25, -0.2) is 0 Å². The van der Waals surface area contributed by atoms with Gasteiger partial charge in [0.15, 0.2) is 16.7 Å². The maximum atomic E-state index is 13.3. The van der Waals surface area contributed by atoms with Gasteiger partial charge in [0.25, 0.3) is 5.91 Å². The van der Waals surface area contributed by atoms with Crippen LogP contribution in [-0.4, -0.2) is 27.7 Å². The summed E-state index contributed by atoms with van der Waals surface area (Å²) in [5, 5.41) is 10.6. The van der Waals surface area contributed by atoms with Crippen LogP contribution in [0, 0.1) is 0 Å². The summed E-state index contributed by atoms with van der Waals surface area (Å²) < 4.78 is 5.47. The molecule has 1 heterocycles. The minimum absolute atomic E-state index is 0.0789. The number of hydrogen-bond acceptors (Lipinski definition) is 5. The van der Waals surface area contributed by atoms with E-state index in [1.54, 1.807) is 23.1 Å². The van der Waals surface area contributed by atoms with Crippen molar-refractivity contribution in [2.45, 2.75) is 20.0 Å². The summed E-state index contributed by atoms with van der Waals surface area (Å²) in [6, 6.07) is 25.0. The third kappa shape index (κ3) is 5.21. The van der Waals surface area contributed by atoms with Gasteiger partial charge in [-0.05, 0) is 53.6 Å². The summed E-state index contributed by atoms with van der Waals surface area (Å²) >= 11 is 1.37. The van der Waals surface area contributed by atoms with Gasteiger partial charge >= 0.3 is 0 Å². The van der Waals surface area contributed by atoms with E-state index in [0.29, 0.717) is 35.5 Å². The zero-order valence-corrected chi connectivity index (χ0v) is 18.6. The second-order valence-corrected chi connectivity index (χ2v) is 8.24. The van der Waals surface area contributed by atoms with Crippen LogP contribution in [0.4, 0.5) is 0 Å². The topological polar surface area (TPSA) is 62.1 Å². The Kier molecular flexibility index (Phi) is 6.92. The molecule has 0 aliphatic carbocycles. The molecule has 1 fully saturated rings. The van der Waals surface area contributed by atoms with E-state index in [4.69, 9.17) is 9.73 Å². The Morgan fingerprint density at radius 2 is 1.69 bits per heavy atom. The molecule has 0 radical (unpaired) electrons. The Labute approximate surface area is 192 Å². The number of rotatable bonds is 7. The van der Waals surface area contributed by atoms with Crippen molar-refractivity contribution < 1.29 is 14.6 Å². The number of phenolic OH excluding ortho intramolecular Hbond substituents is 1. The maximum absolute atomic E-state index is 13.3. The predicted molar refractivity (Wildman–Crippen MR) is 129 cm³/mol. The normalized spacial score (nSPS) is 16.2. The van der Waals surface area contributed by atoms with Gasteiger partial charge in [-0.2, -0.15) is 0 Å². The minimum Gasteiger partial charge on any atom is -0.504 e. The molecule has 1 aliphatic heterocycles. The van der Waals surface area contributed by atoms with E-state index in [1.807, 2.05) is 73.7 Å². The number of nitrogens with zero attached hydrogens (tertiary/aromatic N) is 2. The zero-order chi connectivity index (χ0) is 22.3. The quantitative estimate of drug-likeness (QED) is 0.491. The van der Waals surface area contributed by atoms with Crippen molar-refractivity contribution in [3.8, 4) is 11.5 Å². The third-order valence-corrected chi connectivity index (χ3v) is 5.94. The van der Waals surface area contributed by atoms with Gasteiger partial charge in [-0.1, -0.05) is 66.7 Å². The first kappa shape index (κ1) is 21.7. The van der Waals surface area contributed by atoms with Gasteiger partial charge in [0, 0.05) is 0 Å². The molecule has 0 bridgehead atoms. The lowest BCUT2D eigenvalue weighted by molar-refractivity contribution is -0.122. The molecule has 3 aromatic carbocycles. The molecule has 1 saturated heterocycles. The summed E-state index contributed by atoms with van der Waals surface area (Å²) in [6.07, 6.45) is 1.82. The first-order valence-electron chi connectivity index (χ1n) is 10.4. The SMILES string of the molecule is CCOc1cc(/C=C2/SC(=NCc3ccccc3)N(Cc3ccccc3)C2=O)ccc1O. The van der Waals surface area contributed by atoms with Crippen LogP contribution in [0.15, 0.2) is 88.8 Å². The summed E-state index contributed by atoms with van der Waals surface area (Å²) in [5.74, 6) is 0.392. The Balaban J connectivity index is 1.63. The second kappa shape index (κ2) is 10.2. The van der Waals surface area contributed by atoms with Crippen LogP contribution in [0.5, 0.6) is 11.5 Å². The first-order chi connectivity index (χ1) is 15.6. The van der Waals surface area contributed by atoms with Gasteiger partial charge in [-0.3, -0.25) is 14.7 Å². The fourth-order valence-corrected chi connectivity index (χ4v) is 4.29. The Bertz CT molecular complexity index is 1140. The highest BCUT2D eigenvalue weighted by Gasteiger charge is 2.33. The summed E-state index contributed by atoms with van der Waals surface area (Å²) in [5.41, 5.74) is 2.91. The zero-order valence-electron chi connectivity index (χ0n) is 17.8. The predicted octanol–water partition coefficient (Wildman–Crippen LogP) is 5.46. The highest BCUT2D eigenvalue weighted by molar-refractivity contribution is 8.18. The molecule has 0 aromatic heterocycles. The largest absolute Gasteiger partial charge is 0.504 e. The van der Waals surface area contributed by atoms with Crippen molar-refractivity contribution >= 4 is 28.9 Å². The number of amidine groups is 1. The number of ether oxygens (including phenoxy) is 1. The lowest BCUT2D eigenvalue weighted by Crippen LogP contribution is -2.28. The molecular weight excluding hydrogens is 420 g/mol. The van der Waals surface area contributed by atoms with Crippen LogP contribution < -0.4 is 4.74 Å². The number of amides is 1. The smallest absolute Gasteiger partial charge is 0.267 e. The van der Waals surface area contributed by atoms with E-state index < -0.39 is 0 Å². The van der Waals surface area contributed by atoms with Gasteiger partial charge < -0.3 is 9.84 Å². The average molecular weight is 445 g/mol. The second-order valence-electron chi connectivity index (χ2n) is 7.23. The fraction of sp³-hybridized carbons (Fsp3) is 0.154. The number of aliphatic imine (C=N–C) groups is 1. The van der Waals surface area contributed by atoms with Gasteiger partial charge in [-0.15, -0.1) is 0 Å². The average Bonchev–Trinajstić information content (AvgIpc) is 3.10. The molecule has 0 atom stereocenters. The summed E-state index contributed by atoms with van der Waals surface area (Å²) in [6.45, 7) is 3.26. The highest BCUT2D eigenvalue weighted by Crippen LogP contribution is 2.35. The van der Waals surface area contributed by atoms with Gasteiger partial charge in [0.1, 0.15) is 0 Å². The van der Waals surface area contributed by atoms with Crippen molar-refractivity contribution in [1.29, 1.82) is 0 Å². The lowest BCUT2D eigenvalue weighted by atomic mass is 10.1. The number of benzene rings is 3. The summed E-state index contributed by atoms with van der Waals surface area (Å²) in [7, 11) is 0. The van der Waals surface area contributed by atoms with E-state index in [2.05, 4.69) is 0 Å². The van der Waals surface area contributed by atoms with Crippen molar-refractivity contribution in [3.05, 3.63) is 100 Å². The Hall–Kier alpha value is -3.51. The lowest BCUT2D eigenvalue weighted by Gasteiger charge is -2.15. The third-order valence-electron chi connectivity index (χ3n) is 4.89. The Morgan fingerprint density at radius 1 is 1.00 bits per heavy atom. The first-order valence-corrected chi connectivity index (χ1v) is 11.2.